The molecule has 0 radical (unpaired) electrons. The Labute approximate surface area is 167 Å². The van der Waals surface area contributed by atoms with Crippen molar-refractivity contribution in [2.24, 2.45) is 0 Å². The maximum absolute atomic E-state index is 7.09. The van der Waals surface area contributed by atoms with Crippen LogP contribution in [0.15, 0.2) is 60.7 Å². The standard InChI is InChI=1S/C23H32O2Si2/c1-22(2,3)27(25-19-14-16-23(17-15-19)18-24-23)26(20-10-6-4-7-11-20)21-12-8-5-9-13-21/h4-13,19,26-27H,14-18H2,1-3H3. The average molecular weight is 397 g/mol. The highest BCUT2D eigenvalue weighted by Crippen LogP contribution is 2.43. The summed E-state index contributed by atoms with van der Waals surface area (Å²) in [7, 11) is -2.88. The Bertz CT molecular complexity index is 688. The van der Waals surface area contributed by atoms with Crippen molar-refractivity contribution in [3.05, 3.63) is 60.7 Å². The molecule has 1 saturated carbocycles. The fraction of sp³-hybridized carbons (Fsp3) is 0.478. The van der Waals surface area contributed by atoms with Crippen LogP contribution in [0.4, 0.5) is 0 Å². The van der Waals surface area contributed by atoms with Crippen molar-refractivity contribution in [2.75, 3.05) is 6.61 Å². The maximum atomic E-state index is 7.09. The number of ether oxygens (including phenoxy) is 1. The fourth-order valence-corrected chi connectivity index (χ4v) is 16.7. The number of benzene rings is 2. The molecule has 1 heterocycles. The zero-order valence-corrected chi connectivity index (χ0v) is 19.2. The molecule has 4 rings (SSSR count). The van der Waals surface area contributed by atoms with Gasteiger partial charge in [0, 0.05) is 6.10 Å². The summed E-state index contributed by atoms with van der Waals surface area (Å²) in [6.07, 6.45) is 5.14. The van der Waals surface area contributed by atoms with Crippen LogP contribution in [0.1, 0.15) is 46.5 Å². The van der Waals surface area contributed by atoms with Crippen molar-refractivity contribution in [1.29, 1.82) is 0 Å². The number of epoxide rings is 1. The van der Waals surface area contributed by atoms with E-state index >= 15 is 0 Å². The monoisotopic (exact) mass is 396 g/mol. The molecule has 2 aliphatic rings. The van der Waals surface area contributed by atoms with Crippen LogP contribution < -0.4 is 10.4 Å². The normalized spacial score (nSPS) is 26.3. The SMILES string of the molecule is CC(C)(C)[SiH](OC1CCC2(CC1)CO2)[SiH](c1ccccc1)c1ccccc1. The van der Waals surface area contributed by atoms with E-state index in [4.69, 9.17) is 9.16 Å². The summed E-state index contributed by atoms with van der Waals surface area (Å²) < 4.78 is 12.8. The summed E-state index contributed by atoms with van der Waals surface area (Å²) in [5.74, 6) is 0. The summed E-state index contributed by atoms with van der Waals surface area (Å²) in [6, 6.07) is 22.4. The van der Waals surface area contributed by atoms with Crippen LogP contribution >= 0.6 is 0 Å². The van der Waals surface area contributed by atoms with E-state index in [-0.39, 0.29) is 10.6 Å². The quantitative estimate of drug-likeness (QED) is 0.571. The van der Waals surface area contributed by atoms with Gasteiger partial charge >= 0.3 is 0 Å². The molecular formula is C23H32O2Si2. The van der Waals surface area contributed by atoms with E-state index in [1.165, 1.54) is 36.1 Å². The first-order chi connectivity index (χ1) is 13.0. The molecule has 0 amide bonds. The van der Waals surface area contributed by atoms with E-state index in [1.807, 2.05) is 0 Å². The van der Waals surface area contributed by atoms with Crippen LogP contribution in [0.25, 0.3) is 0 Å². The van der Waals surface area contributed by atoms with Gasteiger partial charge in [-0.25, -0.2) is 0 Å². The Kier molecular flexibility index (Phi) is 5.43. The van der Waals surface area contributed by atoms with E-state index in [2.05, 4.69) is 81.4 Å². The first kappa shape index (κ1) is 19.1. The Morgan fingerprint density at radius 2 is 1.37 bits per heavy atom. The molecular weight excluding hydrogens is 364 g/mol. The van der Waals surface area contributed by atoms with Crippen molar-refractivity contribution >= 4 is 27.2 Å². The minimum Gasteiger partial charge on any atom is -0.419 e. The molecule has 2 aromatic carbocycles. The van der Waals surface area contributed by atoms with Crippen LogP contribution in [0.5, 0.6) is 0 Å². The molecule has 2 aromatic rings. The topological polar surface area (TPSA) is 21.8 Å². The van der Waals surface area contributed by atoms with Gasteiger partial charge in [-0.2, -0.15) is 0 Å². The lowest BCUT2D eigenvalue weighted by Crippen LogP contribution is -2.60. The molecule has 1 aliphatic heterocycles. The molecule has 0 bridgehead atoms. The van der Waals surface area contributed by atoms with E-state index in [0.29, 0.717) is 6.10 Å². The van der Waals surface area contributed by atoms with Gasteiger partial charge < -0.3 is 9.16 Å². The lowest BCUT2D eigenvalue weighted by atomic mass is 9.88. The van der Waals surface area contributed by atoms with Crippen LogP contribution in [-0.4, -0.2) is 35.2 Å². The van der Waals surface area contributed by atoms with Gasteiger partial charge in [0.1, 0.15) is 8.31 Å². The van der Waals surface area contributed by atoms with E-state index in [9.17, 15) is 0 Å². The molecule has 0 aromatic heterocycles. The van der Waals surface area contributed by atoms with Gasteiger partial charge in [0.15, 0.2) is 8.56 Å². The van der Waals surface area contributed by atoms with Crippen molar-refractivity contribution in [3.63, 3.8) is 0 Å². The third-order valence-corrected chi connectivity index (χ3v) is 19.0. The predicted molar refractivity (Wildman–Crippen MR) is 118 cm³/mol. The van der Waals surface area contributed by atoms with Gasteiger partial charge in [0.2, 0.25) is 0 Å². The zero-order chi connectivity index (χ0) is 18.9. The summed E-state index contributed by atoms with van der Waals surface area (Å²) in [6.45, 7) is 8.20. The minimum absolute atomic E-state index is 0.244. The second-order valence-corrected chi connectivity index (χ2v) is 18.3. The third-order valence-electron chi connectivity index (χ3n) is 6.21. The van der Waals surface area contributed by atoms with E-state index in [1.54, 1.807) is 0 Å². The summed E-state index contributed by atoms with van der Waals surface area (Å²) in [5.41, 5.74) is 0.244. The van der Waals surface area contributed by atoms with Crippen molar-refractivity contribution in [1.82, 2.24) is 0 Å². The molecule has 1 unspecified atom stereocenters. The maximum Gasteiger partial charge on any atom is 0.178 e. The fourth-order valence-electron chi connectivity index (χ4n) is 4.50. The molecule has 0 N–H and O–H groups in total. The highest BCUT2D eigenvalue weighted by molar-refractivity contribution is 7.32. The molecule has 1 spiro atoms. The average Bonchev–Trinajstić information content (AvgIpc) is 3.43. The second kappa shape index (κ2) is 7.66. The lowest BCUT2D eigenvalue weighted by Gasteiger charge is -2.39. The first-order valence-electron chi connectivity index (χ1n) is 10.4. The van der Waals surface area contributed by atoms with Crippen LogP contribution in [0.2, 0.25) is 5.04 Å². The minimum atomic E-state index is -1.49. The Morgan fingerprint density at radius 1 is 0.889 bits per heavy atom. The van der Waals surface area contributed by atoms with Crippen molar-refractivity contribution < 1.29 is 9.16 Å². The molecule has 1 aliphatic carbocycles. The Morgan fingerprint density at radius 3 is 1.78 bits per heavy atom. The molecule has 1 saturated heterocycles. The molecule has 144 valence electrons. The molecule has 2 fully saturated rings. The van der Waals surface area contributed by atoms with Gasteiger partial charge in [-0.05, 0) is 30.7 Å². The lowest BCUT2D eigenvalue weighted by molar-refractivity contribution is 0.109. The van der Waals surface area contributed by atoms with Crippen molar-refractivity contribution in [2.45, 2.75) is 63.2 Å². The Hall–Kier alpha value is -1.21. The summed E-state index contributed by atoms with van der Waals surface area (Å²) in [4.78, 5) is 0. The molecule has 27 heavy (non-hydrogen) atoms. The van der Waals surface area contributed by atoms with Gasteiger partial charge in [0.25, 0.3) is 0 Å². The largest absolute Gasteiger partial charge is 0.419 e. The number of hydrogen-bond acceptors (Lipinski definition) is 2. The number of hydrogen-bond donors (Lipinski definition) is 0. The smallest absolute Gasteiger partial charge is 0.178 e. The summed E-state index contributed by atoms with van der Waals surface area (Å²) in [5, 5.41) is 3.31. The van der Waals surface area contributed by atoms with E-state index < -0.39 is 16.9 Å². The molecule has 2 nitrogen and oxygen atoms in total. The second-order valence-electron chi connectivity index (χ2n) is 9.39. The van der Waals surface area contributed by atoms with Gasteiger partial charge in [-0.3, -0.25) is 0 Å². The first-order valence-corrected chi connectivity index (χ1v) is 15.2. The van der Waals surface area contributed by atoms with Gasteiger partial charge in [-0.1, -0.05) is 91.8 Å². The van der Waals surface area contributed by atoms with Crippen LogP contribution in [0.3, 0.4) is 0 Å². The number of rotatable bonds is 5. The molecule has 4 heteroatoms. The van der Waals surface area contributed by atoms with Gasteiger partial charge in [-0.15, -0.1) is 0 Å². The van der Waals surface area contributed by atoms with Crippen molar-refractivity contribution in [3.8, 4) is 0 Å². The molecule has 1 atom stereocenters. The van der Waals surface area contributed by atoms with Gasteiger partial charge in [0.05, 0.1) is 12.2 Å². The predicted octanol–water partition coefficient (Wildman–Crippen LogP) is 3.36. The zero-order valence-electron chi connectivity index (χ0n) is 16.9. The third kappa shape index (κ3) is 4.45. The van der Waals surface area contributed by atoms with Crippen LogP contribution in [0, 0.1) is 0 Å². The highest BCUT2D eigenvalue weighted by atomic mass is 29.2. The highest BCUT2D eigenvalue weighted by Gasteiger charge is 2.48. The summed E-state index contributed by atoms with van der Waals surface area (Å²) >= 11 is 0. The van der Waals surface area contributed by atoms with Crippen LogP contribution in [-0.2, 0) is 9.16 Å². The Balaban J connectivity index is 1.63. The van der Waals surface area contributed by atoms with E-state index in [0.717, 1.165) is 6.61 Å².